The van der Waals surface area contributed by atoms with E-state index in [0.717, 1.165) is 84.9 Å². The summed E-state index contributed by atoms with van der Waals surface area (Å²) in [4.78, 5) is 67.6. The molecule has 12 heteroatoms. The number of thiophene rings is 1. The first-order chi connectivity index (χ1) is 27.4. The molecular formula is C45H54N4O7S. The van der Waals surface area contributed by atoms with Crippen molar-refractivity contribution in [2.75, 3.05) is 30.8 Å². The molecule has 1 aliphatic carbocycles. The summed E-state index contributed by atoms with van der Waals surface area (Å²) in [5, 5.41) is 24.9. The van der Waals surface area contributed by atoms with E-state index in [9.17, 15) is 24.0 Å². The van der Waals surface area contributed by atoms with Gasteiger partial charge < -0.3 is 25.7 Å². The number of aromatic carboxylic acids is 1. The van der Waals surface area contributed by atoms with Crippen LogP contribution in [-0.2, 0) is 41.8 Å². The monoisotopic (exact) mass is 794 g/mol. The SMILES string of the molecule is CCC(CC)N(CCN(C)C(=O)CCC(=O)O)Cc1cccc(C(=O)Nc2sc3c(c2C(=O)Nc2ccc(CCc4ccc(C(=O)O)cc4)cc2)CCCCC3)c1. The Morgan fingerprint density at radius 1 is 0.737 bits per heavy atom. The zero-order valence-corrected chi connectivity index (χ0v) is 34.0. The molecule has 4 N–H and O–H groups in total. The Balaban J connectivity index is 1.27. The highest BCUT2D eigenvalue weighted by Gasteiger charge is 2.27. The van der Waals surface area contributed by atoms with Crippen LogP contribution in [-0.4, -0.2) is 75.9 Å². The predicted octanol–water partition coefficient (Wildman–Crippen LogP) is 8.32. The number of nitrogens with zero attached hydrogens (tertiary/aromatic N) is 2. The van der Waals surface area contributed by atoms with Crippen molar-refractivity contribution in [1.82, 2.24) is 9.80 Å². The van der Waals surface area contributed by atoms with Gasteiger partial charge in [-0.3, -0.25) is 24.1 Å². The number of amides is 3. The van der Waals surface area contributed by atoms with Crippen molar-refractivity contribution in [3.05, 3.63) is 117 Å². The number of hydrogen-bond donors (Lipinski definition) is 4. The van der Waals surface area contributed by atoms with Crippen molar-refractivity contribution in [3.8, 4) is 0 Å². The molecule has 11 nitrogen and oxygen atoms in total. The third-order valence-corrected chi connectivity index (χ3v) is 11.9. The lowest BCUT2D eigenvalue weighted by molar-refractivity contribution is -0.140. The fourth-order valence-electron chi connectivity index (χ4n) is 7.35. The molecule has 0 fully saturated rings. The molecule has 4 aromatic rings. The van der Waals surface area contributed by atoms with Gasteiger partial charge in [0.25, 0.3) is 11.8 Å². The molecule has 302 valence electrons. The maximum Gasteiger partial charge on any atom is 0.335 e. The summed E-state index contributed by atoms with van der Waals surface area (Å²) in [6.45, 7) is 5.90. The Morgan fingerprint density at radius 2 is 1.40 bits per heavy atom. The van der Waals surface area contributed by atoms with Crippen molar-refractivity contribution in [2.24, 2.45) is 0 Å². The van der Waals surface area contributed by atoms with Crippen LogP contribution in [0.1, 0.15) is 117 Å². The Morgan fingerprint density at radius 3 is 2.05 bits per heavy atom. The number of rotatable bonds is 19. The summed E-state index contributed by atoms with van der Waals surface area (Å²) in [5.74, 6) is -2.68. The van der Waals surface area contributed by atoms with E-state index >= 15 is 0 Å². The van der Waals surface area contributed by atoms with Crippen molar-refractivity contribution in [2.45, 2.75) is 97.1 Å². The summed E-state index contributed by atoms with van der Waals surface area (Å²) < 4.78 is 0. The van der Waals surface area contributed by atoms with E-state index in [1.54, 1.807) is 30.1 Å². The molecule has 5 rings (SSSR count). The van der Waals surface area contributed by atoms with Gasteiger partial charge in [-0.15, -0.1) is 11.3 Å². The summed E-state index contributed by atoms with van der Waals surface area (Å²) in [6, 6.07) is 22.4. The first-order valence-electron chi connectivity index (χ1n) is 19.9. The highest BCUT2D eigenvalue weighted by molar-refractivity contribution is 7.17. The molecule has 0 saturated heterocycles. The molecule has 1 heterocycles. The number of carboxylic acids is 2. The van der Waals surface area contributed by atoms with E-state index in [4.69, 9.17) is 10.2 Å². The molecule has 57 heavy (non-hydrogen) atoms. The number of hydrogen-bond acceptors (Lipinski definition) is 7. The zero-order valence-electron chi connectivity index (χ0n) is 33.1. The summed E-state index contributed by atoms with van der Waals surface area (Å²) in [7, 11) is 1.70. The number of anilines is 2. The number of carbonyl (C=O) groups excluding carboxylic acids is 3. The second kappa shape index (κ2) is 20.7. The molecule has 0 aliphatic heterocycles. The van der Waals surface area contributed by atoms with E-state index in [1.807, 2.05) is 54.6 Å². The standard InChI is InChI=1S/C45H54N4O7S/c1-4-36(5-2)49(27-26-48(3)39(50)24-25-40(51)52)29-32-10-9-11-34(28-32)42(53)47-44-41(37-12-7-6-8-13-38(37)57-44)43(54)46-35-22-18-31(19-23-35)15-14-30-16-20-33(21-17-30)45(55)56/h9-11,16-23,28,36H,4-8,12-15,24-27,29H2,1-3H3,(H,46,54)(H,47,53)(H,51,52)(H,55,56). The molecule has 0 spiro atoms. The lowest BCUT2D eigenvalue weighted by Crippen LogP contribution is -2.41. The zero-order chi connectivity index (χ0) is 40.9. The van der Waals surface area contributed by atoms with E-state index in [2.05, 4.69) is 29.4 Å². The van der Waals surface area contributed by atoms with Gasteiger partial charge in [-0.1, -0.05) is 56.7 Å². The number of fused-ring (bicyclic) bond motifs is 1. The van der Waals surface area contributed by atoms with Gasteiger partial charge in [0.15, 0.2) is 0 Å². The van der Waals surface area contributed by atoms with Crippen molar-refractivity contribution < 1.29 is 34.2 Å². The number of aryl methyl sites for hydroxylation is 3. The van der Waals surface area contributed by atoms with E-state index in [1.165, 1.54) is 11.3 Å². The molecule has 1 aliphatic rings. The lowest BCUT2D eigenvalue weighted by Gasteiger charge is -2.32. The second-order valence-electron chi connectivity index (χ2n) is 14.7. The number of benzene rings is 3. The second-order valence-corrected chi connectivity index (χ2v) is 15.8. The fourth-order valence-corrected chi connectivity index (χ4v) is 8.63. The molecule has 3 aromatic carbocycles. The highest BCUT2D eigenvalue weighted by atomic mass is 32.1. The Labute approximate surface area is 339 Å². The lowest BCUT2D eigenvalue weighted by atomic mass is 10.0. The number of likely N-dealkylation sites (N-methyl/N-ethyl adjacent to an activating group) is 1. The van der Waals surface area contributed by atoms with Crippen molar-refractivity contribution in [1.29, 1.82) is 0 Å². The minimum absolute atomic E-state index is 0.0331. The molecule has 1 aromatic heterocycles. The average Bonchev–Trinajstić information content (AvgIpc) is 3.38. The maximum atomic E-state index is 14.0. The summed E-state index contributed by atoms with van der Waals surface area (Å²) in [6.07, 6.45) is 7.87. The smallest absolute Gasteiger partial charge is 0.335 e. The number of aliphatic carboxylic acids is 1. The predicted molar refractivity (Wildman–Crippen MR) is 224 cm³/mol. The molecule has 0 unspecified atom stereocenters. The quantitative estimate of drug-likeness (QED) is 0.0691. The Kier molecular flexibility index (Phi) is 15.6. The van der Waals surface area contributed by atoms with Crippen LogP contribution >= 0.6 is 11.3 Å². The Bertz CT molecular complexity index is 2020. The Hall–Kier alpha value is -5.33. The van der Waals surface area contributed by atoms with E-state index < -0.39 is 11.9 Å². The van der Waals surface area contributed by atoms with Crippen LogP contribution in [0.15, 0.2) is 72.8 Å². The van der Waals surface area contributed by atoms with Gasteiger partial charge in [0.2, 0.25) is 5.91 Å². The van der Waals surface area contributed by atoms with Crippen LogP contribution < -0.4 is 10.6 Å². The first kappa shape index (κ1) is 42.8. The third kappa shape index (κ3) is 12.1. The largest absolute Gasteiger partial charge is 0.481 e. The van der Waals surface area contributed by atoms with Gasteiger partial charge in [0.1, 0.15) is 5.00 Å². The van der Waals surface area contributed by atoms with Gasteiger partial charge in [0, 0.05) is 55.3 Å². The fraction of sp³-hybridized carbons (Fsp3) is 0.400. The van der Waals surface area contributed by atoms with Crippen LogP contribution in [0, 0.1) is 0 Å². The first-order valence-corrected chi connectivity index (χ1v) is 20.7. The van der Waals surface area contributed by atoms with Gasteiger partial charge in [-0.2, -0.15) is 0 Å². The van der Waals surface area contributed by atoms with Crippen molar-refractivity contribution in [3.63, 3.8) is 0 Å². The molecular weight excluding hydrogens is 741 g/mol. The minimum Gasteiger partial charge on any atom is -0.481 e. The van der Waals surface area contributed by atoms with Gasteiger partial charge in [0.05, 0.1) is 17.5 Å². The third-order valence-electron chi connectivity index (χ3n) is 10.7. The average molecular weight is 795 g/mol. The molecule has 0 saturated carbocycles. The molecule has 3 amide bonds. The van der Waals surface area contributed by atoms with Crippen molar-refractivity contribution >= 4 is 51.7 Å². The number of carbonyl (C=O) groups is 5. The maximum absolute atomic E-state index is 14.0. The summed E-state index contributed by atoms with van der Waals surface area (Å²) in [5.41, 5.74) is 6.04. The van der Waals surface area contributed by atoms with Gasteiger partial charge in [-0.25, -0.2) is 4.79 Å². The van der Waals surface area contributed by atoms with Crippen LogP contribution in [0.5, 0.6) is 0 Å². The summed E-state index contributed by atoms with van der Waals surface area (Å²) >= 11 is 1.49. The van der Waals surface area contributed by atoms with E-state index in [-0.39, 0.29) is 42.2 Å². The van der Waals surface area contributed by atoms with Crippen LogP contribution in [0.3, 0.4) is 0 Å². The van der Waals surface area contributed by atoms with Crippen LogP contribution in [0.4, 0.5) is 10.7 Å². The topological polar surface area (TPSA) is 156 Å². The van der Waals surface area contributed by atoms with Crippen LogP contribution in [0.25, 0.3) is 0 Å². The van der Waals surface area contributed by atoms with Gasteiger partial charge >= 0.3 is 11.9 Å². The molecule has 0 atom stereocenters. The molecule has 0 radical (unpaired) electrons. The van der Waals surface area contributed by atoms with Crippen LogP contribution in [0.2, 0.25) is 0 Å². The molecule has 0 bridgehead atoms. The van der Waals surface area contributed by atoms with E-state index in [0.29, 0.717) is 41.4 Å². The van der Waals surface area contributed by atoms with Gasteiger partial charge in [-0.05, 0) is 110 Å². The minimum atomic E-state index is -0.993. The normalized spacial score (nSPS) is 12.5. The number of nitrogens with one attached hydrogen (secondary N) is 2. The highest BCUT2D eigenvalue weighted by Crippen LogP contribution is 2.38. The number of carboxylic acid groups (broad SMARTS) is 2.